The second kappa shape index (κ2) is 18.7. The summed E-state index contributed by atoms with van der Waals surface area (Å²) in [6.07, 6.45) is 8.23. The van der Waals surface area contributed by atoms with E-state index in [1.807, 2.05) is 24.3 Å². The summed E-state index contributed by atoms with van der Waals surface area (Å²) in [6, 6.07) is 15.6. The summed E-state index contributed by atoms with van der Waals surface area (Å²) in [5.41, 5.74) is 4.94. The highest BCUT2D eigenvalue weighted by molar-refractivity contribution is 9.10. The number of carbonyl (C=O) groups excluding carboxylic acids is 2. The molecule has 3 aliphatic heterocycles. The van der Waals surface area contributed by atoms with Crippen LogP contribution in [0.1, 0.15) is 74.0 Å². The molecule has 1 atom stereocenters. The summed E-state index contributed by atoms with van der Waals surface area (Å²) in [4.78, 5) is 45.5. The Bertz CT molecular complexity index is 2660. The average molecular weight is 971 g/mol. The number of piperidine rings is 2. The molecule has 1 aliphatic carbocycles. The number of nitrogens with zero attached hydrogens (tertiary/aromatic N) is 6. The highest BCUT2D eigenvalue weighted by Crippen LogP contribution is 2.44. The zero-order chi connectivity index (χ0) is 45.6. The third kappa shape index (κ3) is 9.37. The molecule has 1 saturated carbocycles. The lowest BCUT2D eigenvalue weighted by Gasteiger charge is -2.49. The maximum absolute atomic E-state index is 15.2. The van der Waals surface area contributed by atoms with Crippen LogP contribution < -0.4 is 30.9 Å². The van der Waals surface area contributed by atoms with Crippen LogP contribution in [-0.2, 0) is 20.6 Å². The minimum Gasteiger partial charge on any atom is -0.494 e. The SMILES string of the molecule is CCc1cc(Nc2ncc(Br)c(Nc3cnc4ccccc4c3P(C)(C)=O)n2)c(OC)cc1N1CCC(N2CCN(C3CC(c4cc(F)c(C5CCC(=O)NC5=O)c(F)c4)C3)CC2)CC1. The summed E-state index contributed by atoms with van der Waals surface area (Å²) in [5, 5.41) is 10.5. The molecule has 1 unspecified atom stereocenters. The van der Waals surface area contributed by atoms with Crippen LogP contribution in [0.3, 0.4) is 0 Å². The van der Waals surface area contributed by atoms with E-state index in [2.05, 4.69) is 75.6 Å². The number of fused-ring (bicyclic) bond motifs is 1. The van der Waals surface area contributed by atoms with E-state index in [4.69, 9.17) is 9.72 Å². The topological polar surface area (TPSA) is 145 Å². The van der Waals surface area contributed by atoms with Crippen LogP contribution >= 0.6 is 23.1 Å². The molecule has 0 spiro atoms. The molecule has 2 amide bonds. The average Bonchev–Trinajstić information content (AvgIpc) is 3.27. The van der Waals surface area contributed by atoms with Crippen molar-refractivity contribution >= 4 is 79.9 Å². The number of anilines is 5. The highest BCUT2D eigenvalue weighted by atomic mass is 79.9. The quantitative estimate of drug-likeness (QED) is 0.0816. The fourth-order valence-electron chi connectivity index (χ4n) is 10.3. The third-order valence-electron chi connectivity index (χ3n) is 13.8. The molecule has 5 aromatic rings. The molecule has 5 heterocycles. The number of rotatable bonds is 12. The third-order valence-corrected chi connectivity index (χ3v) is 15.9. The van der Waals surface area contributed by atoms with E-state index >= 15 is 8.78 Å². The fourth-order valence-corrected chi connectivity index (χ4v) is 12.0. The first-order valence-corrected chi connectivity index (χ1v) is 25.9. The van der Waals surface area contributed by atoms with Crippen LogP contribution in [0.4, 0.5) is 37.6 Å². The summed E-state index contributed by atoms with van der Waals surface area (Å²) in [7, 11) is -1.05. The van der Waals surface area contributed by atoms with Gasteiger partial charge in [0, 0.05) is 92.0 Å². The minimum atomic E-state index is -2.72. The Hall–Kier alpha value is -5.02. The molecule has 13 nitrogen and oxygen atoms in total. The molecule has 3 aromatic carbocycles. The van der Waals surface area contributed by atoms with Crippen LogP contribution in [0.25, 0.3) is 10.9 Å². The van der Waals surface area contributed by atoms with E-state index in [1.165, 1.54) is 23.4 Å². The Kier molecular flexibility index (Phi) is 13.0. The monoisotopic (exact) mass is 969 g/mol. The largest absolute Gasteiger partial charge is 0.494 e. The highest BCUT2D eigenvalue weighted by Gasteiger charge is 2.39. The normalized spacial score (nSPS) is 21.3. The van der Waals surface area contributed by atoms with E-state index in [0.29, 0.717) is 45.3 Å². The van der Waals surface area contributed by atoms with Gasteiger partial charge in [-0.3, -0.25) is 29.7 Å². The lowest BCUT2D eigenvalue weighted by atomic mass is 9.74. The number of para-hydroxylation sites is 1. The lowest BCUT2D eigenvalue weighted by Crippen LogP contribution is -2.57. The zero-order valence-electron chi connectivity index (χ0n) is 37.2. The minimum absolute atomic E-state index is 0.0727. The Labute approximate surface area is 386 Å². The molecule has 9 rings (SSSR count). The van der Waals surface area contributed by atoms with Crippen LogP contribution in [-0.4, -0.2) is 108 Å². The van der Waals surface area contributed by atoms with E-state index in [-0.39, 0.29) is 24.3 Å². The first-order valence-electron chi connectivity index (χ1n) is 22.5. The van der Waals surface area contributed by atoms with Crippen molar-refractivity contribution in [2.45, 2.75) is 75.8 Å². The summed E-state index contributed by atoms with van der Waals surface area (Å²) >= 11 is 3.60. The number of carbonyl (C=O) groups is 2. The standard InChI is InChI=1S/C48H55BrF2N9O4P/c1-5-28-24-39(55-48-53-26-35(49)46(57-48)54-40-27-52-38-9-7-6-8-33(38)45(40)65(3,4)63)42(64-2)25-41(28)60-14-12-31(13-15-60)58-16-18-59(19-17-58)32-20-29(21-32)30-22-36(50)44(37(51)23-30)34-10-11-43(61)56-47(34)62/h6-9,22-27,29,31-32,34H,5,10-21H2,1-4H3,(H,56,61,62)(H2,53,54,55,57). The first-order chi connectivity index (χ1) is 31.3. The van der Waals surface area contributed by atoms with E-state index in [1.54, 1.807) is 32.8 Å². The molecule has 4 fully saturated rings. The van der Waals surface area contributed by atoms with E-state index < -0.39 is 36.5 Å². The summed E-state index contributed by atoms with van der Waals surface area (Å²) in [5.74, 6) is -1.79. The maximum atomic E-state index is 15.2. The molecule has 65 heavy (non-hydrogen) atoms. The van der Waals surface area contributed by atoms with Crippen molar-refractivity contribution in [3.05, 3.63) is 93.7 Å². The van der Waals surface area contributed by atoms with Gasteiger partial charge in [0.1, 0.15) is 30.3 Å². The molecule has 2 aromatic heterocycles. The van der Waals surface area contributed by atoms with Gasteiger partial charge in [0.05, 0.1) is 40.6 Å². The molecule has 0 bridgehead atoms. The van der Waals surface area contributed by atoms with Gasteiger partial charge < -0.3 is 24.8 Å². The van der Waals surface area contributed by atoms with Crippen LogP contribution in [0.2, 0.25) is 0 Å². The Balaban J connectivity index is 0.794. The van der Waals surface area contributed by atoms with E-state index in [9.17, 15) is 14.2 Å². The van der Waals surface area contributed by atoms with Crippen molar-refractivity contribution in [1.82, 2.24) is 30.1 Å². The van der Waals surface area contributed by atoms with Crippen molar-refractivity contribution in [1.29, 1.82) is 0 Å². The number of halogens is 3. The van der Waals surface area contributed by atoms with Gasteiger partial charge in [-0.1, -0.05) is 25.1 Å². The first kappa shape index (κ1) is 45.1. The summed E-state index contributed by atoms with van der Waals surface area (Å²) < 4.78 is 50.6. The molecule has 3 N–H and O–H groups in total. The van der Waals surface area contributed by atoms with Crippen molar-refractivity contribution in [2.24, 2.45) is 0 Å². The van der Waals surface area contributed by atoms with Crippen molar-refractivity contribution in [2.75, 3.05) is 75.2 Å². The number of piperazine rings is 1. The van der Waals surface area contributed by atoms with Gasteiger partial charge in [0.2, 0.25) is 17.8 Å². The number of pyridine rings is 1. The number of imide groups is 1. The predicted octanol–water partition coefficient (Wildman–Crippen LogP) is 8.42. The number of nitrogens with one attached hydrogen (secondary N) is 3. The number of hydrogen-bond donors (Lipinski definition) is 3. The molecular weight excluding hydrogens is 915 g/mol. The number of ether oxygens (including phenoxy) is 1. The second-order valence-corrected chi connectivity index (χ2v) is 22.1. The van der Waals surface area contributed by atoms with Crippen LogP contribution in [0.15, 0.2) is 65.4 Å². The van der Waals surface area contributed by atoms with Gasteiger partial charge in [-0.25, -0.2) is 13.8 Å². The number of benzene rings is 3. The molecule has 342 valence electrons. The van der Waals surface area contributed by atoms with Crippen molar-refractivity contribution < 1.29 is 27.7 Å². The van der Waals surface area contributed by atoms with E-state index in [0.717, 1.165) is 93.3 Å². The van der Waals surface area contributed by atoms with Crippen LogP contribution in [0, 0.1) is 11.6 Å². The molecular formula is C48H55BrF2N9O4P. The van der Waals surface area contributed by atoms with Gasteiger partial charge in [-0.05, 0) is 109 Å². The Morgan fingerprint density at radius 2 is 1.57 bits per heavy atom. The number of hydrogen-bond acceptors (Lipinski definition) is 12. The lowest BCUT2D eigenvalue weighted by molar-refractivity contribution is -0.134. The smallest absolute Gasteiger partial charge is 0.234 e. The van der Waals surface area contributed by atoms with Gasteiger partial charge >= 0.3 is 0 Å². The number of aromatic nitrogens is 3. The number of aryl methyl sites for hydroxylation is 1. The number of amides is 2. The second-order valence-electron chi connectivity index (χ2n) is 18.1. The van der Waals surface area contributed by atoms with Gasteiger partial charge in [0.25, 0.3) is 0 Å². The Morgan fingerprint density at radius 3 is 2.23 bits per heavy atom. The maximum Gasteiger partial charge on any atom is 0.234 e. The molecule has 0 radical (unpaired) electrons. The van der Waals surface area contributed by atoms with Gasteiger partial charge in [-0.2, -0.15) is 4.98 Å². The molecule has 4 aliphatic rings. The Morgan fingerprint density at radius 1 is 0.877 bits per heavy atom. The predicted molar refractivity (Wildman–Crippen MR) is 255 cm³/mol. The molecule has 17 heteroatoms. The fraction of sp³-hybridized carbons (Fsp3) is 0.438. The summed E-state index contributed by atoms with van der Waals surface area (Å²) in [6.45, 7) is 11.5. The zero-order valence-corrected chi connectivity index (χ0v) is 39.7. The van der Waals surface area contributed by atoms with Crippen LogP contribution in [0.5, 0.6) is 5.75 Å². The van der Waals surface area contributed by atoms with Gasteiger partial charge in [0.15, 0.2) is 0 Å². The molecule has 3 saturated heterocycles. The van der Waals surface area contributed by atoms with Crippen molar-refractivity contribution in [3.8, 4) is 5.75 Å². The van der Waals surface area contributed by atoms with Gasteiger partial charge in [-0.15, -0.1) is 0 Å². The van der Waals surface area contributed by atoms with Crippen molar-refractivity contribution in [3.63, 3.8) is 0 Å². The number of methoxy groups -OCH3 is 1.